The molecule has 0 atom stereocenters. The quantitative estimate of drug-likeness (QED) is 0.718. The van der Waals surface area contributed by atoms with Crippen LogP contribution in [0.25, 0.3) is 6.08 Å². The Morgan fingerprint density at radius 2 is 1.83 bits per heavy atom. The van der Waals surface area contributed by atoms with Gasteiger partial charge in [0.2, 0.25) is 0 Å². The Hall–Kier alpha value is -1.29. The molecule has 0 aromatic heterocycles. The summed E-state index contributed by atoms with van der Waals surface area (Å²) in [4.78, 5) is 0. The summed E-state index contributed by atoms with van der Waals surface area (Å²) >= 11 is 0. The molecule has 64 valence electrons. The first kappa shape index (κ1) is 8.80. The van der Waals surface area contributed by atoms with Gasteiger partial charge in [-0.15, -0.1) is 0 Å². The topological polar surface area (TPSA) is 43.4 Å². The van der Waals surface area contributed by atoms with Crippen LogP contribution >= 0.6 is 0 Å². The molecular formula is C8H8O3S. The molecular weight excluding hydrogens is 176 g/mol. The molecule has 0 spiro atoms. The summed E-state index contributed by atoms with van der Waals surface area (Å²) in [5, 5.41) is 0. The van der Waals surface area contributed by atoms with Crippen molar-refractivity contribution < 1.29 is 12.6 Å². The van der Waals surface area contributed by atoms with Gasteiger partial charge in [-0.3, -0.25) is 0 Å². The second kappa shape index (κ2) is 3.92. The first-order valence-corrected chi connectivity index (χ1v) is 4.37. The van der Waals surface area contributed by atoms with Crippen molar-refractivity contribution in [2.75, 3.05) is 0 Å². The van der Waals surface area contributed by atoms with Crippen LogP contribution < -0.4 is 4.18 Å². The Morgan fingerprint density at radius 1 is 1.25 bits per heavy atom. The van der Waals surface area contributed by atoms with Gasteiger partial charge in [-0.2, -0.15) is 8.42 Å². The number of rotatable bonds is 3. The van der Waals surface area contributed by atoms with Crippen LogP contribution in [0, 0.1) is 0 Å². The second-order valence-corrected chi connectivity index (χ2v) is 2.72. The van der Waals surface area contributed by atoms with E-state index in [1.54, 1.807) is 30.3 Å². The van der Waals surface area contributed by atoms with Crippen molar-refractivity contribution in [3.8, 4) is 5.75 Å². The van der Waals surface area contributed by atoms with Crippen LogP contribution in [-0.2, 0) is 11.0 Å². The van der Waals surface area contributed by atoms with E-state index in [0.717, 1.165) is 5.56 Å². The fraction of sp³-hybridized carbons (Fsp3) is 0. The summed E-state index contributed by atoms with van der Waals surface area (Å²) in [6.45, 7) is 3.56. The zero-order valence-electron chi connectivity index (χ0n) is 6.27. The summed E-state index contributed by atoms with van der Waals surface area (Å²) in [6, 6.07) is 6.59. The van der Waals surface area contributed by atoms with Crippen LogP contribution in [0.4, 0.5) is 0 Å². The number of thiol groups is 1. The maximum atomic E-state index is 10.1. The molecule has 0 aliphatic rings. The summed E-state index contributed by atoms with van der Waals surface area (Å²) < 4.78 is 24.7. The Bertz CT molecular complexity index is 330. The summed E-state index contributed by atoms with van der Waals surface area (Å²) in [5.74, 6) is 0.316. The number of hydrogen-bond donors (Lipinski definition) is 1. The lowest BCUT2D eigenvalue weighted by Gasteiger charge is -1.96. The van der Waals surface area contributed by atoms with Gasteiger partial charge in [0.15, 0.2) is 0 Å². The largest absolute Gasteiger partial charge is 0.384 e. The smallest absolute Gasteiger partial charge is 0.299 e. The maximum Gasteiger partial charge on any atom is 0.299 e. The van der Waals surface area contributed by atoms with Crippen molar-refractivity contribution in [1.29, 1.82) is 0 Å². The van der Waals surface area contributed by atoms with E-state index in [1.807, 2.05) is 0 Å². The lowest BCUT2D eigenvalue weighted by Crippen LogP contribution is -1.88. The average Bonchev–Trinajstić information content (AvgIpc) is 2.05. The van der Waals surface area contributed by atoms with Crippen molar-refractivity contribution >= 4 is 17.1 Å². The molecule has 0 aliphatic carbocycles. The fourth-order valence-electron chi connectivity index (χ4n) is 0.751. The SMILES string of the molecule is C=Cc1ccc(O[SH](=O)=O)cc1. The second-order valence-electron chi connectivity index (χ2n) is 2.09. The third kappa shape index (κ3) is 2.39. The summed E-state index contributed by atoms with van der Waals surface area (Å²) in [6.07, 6.45) is 1.67. The van der Waals surface area contributed by atoms with Crippen molar-refractivity contribution in [3.63, 3.8) is 0 Å². The van der Waals surface area contributed by atoms with Crippen LogP contribution in [0.3, 0.4) is 0 Å². The van der Waals surface area contributed by atoms with Crippen molar-refractivity contribution in [2.24, 2.45) is 0 Å². The van der Waals surface area contributed by atoms with Gasteiger partial charge < -0.3 is 4.18 Å². The first-order chi connectivity index (χ1) is 5.72. The standard InChI is InChI=1S/C8H8O3S/c1-2-7-3-5-8(6-4-7)11-12(9)10/h2-6,12H,1H2. The molecule has 0 unspecified atom stereocenters. The molecule has 3 nitrogen and oxygen atoms in total. The minimum atomic E-state index is -2.82. The molecule has 0 heterocycles. The molecule has 1 aromatic carbocycles. The van der Waals surface area contributed by atoms with Gasteiger partial charge in [-0.05, 0) is 17.7 Å². The fourth-order valence-corrected chi connectivity index (χ4v) is 1.04. The molecule has 0 bridgehead atoms. The third-order valence-electron chi connectivity index (χ3n) is 1.30. The molecule has 1 rings (SSSR count). The van der Waals surface area contributed by atoms with Crippen molar-refractivity contribution in [1.82, 2.24) is 0 Å². The predicted octanol–water partition coefficient (Wildman–Crippen LogP) is 1.23. The predicted molar refractivity (Wildman–Crippen MR) is 47.5 cm³/mol. The molecule has 1 aromatic rings. The van der Waals surface area contributed by atoms with E-state index < -0.39 is 11.0 Å². The maximum absolute atomic E-state index is 10.1. The number of benzene rings is 1. The molecule has 0 N–H and O–H groups in total. The zero-order valence-corrected chi connectivity index (χ0v) is 7.16. The van der Waals surface area contributed by atoms with Crippen LogP contribution in [0.2, 0.25) is 0 Å². The number of hydrogen-bond acceptors (Lipinski definition) is 3. The van der Waals surface area contributed by atoms with E-state index >= 15 is 0 Å². The van der Waals surface area contributed by atoms with E-state index in [0.29, 0.717) is 5.75 Å². The monoisotopic (exact) mass is 184 g/mol. The Balaban J connectivity index is 2.84. The van der Waals surface area contributed by atoms with E-state index in [9.17, 15) is 8.42 Å². The third-order valence-corrected chi connectivity index (χ3v) is 1.66. The minimum Gasteiger partial charge on any atom is -0.384 e. The van der Waals surface area contributed by atoms with Gasteiger partial charge in [0, 0.05) is 0 Å². The molecule has 4 heteroatoms. The molecule has 0 saturated carbocycles. The van der Waals surface area contributed by atoms with Gasteiger partial charge in [-0.1, -0.05) is 24.8 Å². The molecule has 0 saturated heterocycles. The molecule has 0 amide bonds. The van der Waals surface area contributed by atoms with Gasteiger partial charge in [0.25, 0.3) is 11.0 Å². The minimum absolute atomic E-state index is 0.316. The Labute approximate surface area is 72.5 Å². The lowest BCUT2D eigenvalue weighted by atomic mass is 10.2. The van der Waals surface area contributed by atoms with E-state index in [2.05, 4.69) is 10.8 Å². The molecule has 0 aliphatic heterocycles. The van der Waals surface area contributed by atoms with Crippen LogP contribution in [-0.4, -0.2) is 8.42 Å². The highest BCUT2D eigenvalue weighted by molar-refractivity contribution is 7.67. The first-order valence-electron chi connectivity index (χ1n) is 3.27. The Kier molecular flexibility index (Phi) is 2.88. The highest BCUT2D eigenvalue weighted by Crippen LogP contribution is 2.12. The lowest BCUT2D eigenvalue weighted by molar-refractivity contribution is 0.510. The van der Waals surface area contributed by atoms with Crippen LogP contribution in [0.5, 0.6) is 5.75 Å². The molecule has 12 heavy (non-hydrogen) atoms. The van der Waals surface area contributed by atoms with Crippen molar-refractivity contribution in [3.05, 3.63) is 36.4 Å². The molecule has 0 radical (unpaired) electrons. The zero-order chi connectivity index (χ0) is 8.97. The molecule has 0 fully saturated rings. The van der Waals surface area contributed by atoms with E-state index in [4.69, 9.17) is 0 Å². The highest BCUT2D eigenvalue weighted by atomic mass is 32.2. The normalized spacial score (nSPS) is 9.75. The average molecular weight is 184 g/mol. The van der Waals surface area contributed by atoms with Gasteiger partial charge >= 0.3 is 0 Å². The van der Waals surface area contributed by atoms with Crippen molar-refractivity contribution in [2.45, 2.75) is 0 Å². The van der Waals surface area contributed by atoms with Crippen LogP contribution in [0.1, 0.15) is 5.56 Å². The van der Waals surface area contributed by atoms with Crippen LogP contribution in [0.15, 0.2) is 30.8 Å². The van der Waals surface area contributed by atoms with E-state index in [-0.39, 0.29) is 0 Å². The summed E-state index contributed by atoms with van der Waals surface area (Å²) in [5.41, 5.74) is 0.920. The summed E-state index contributed by atoms with van der Waals surface area (Å²) in [7, 11) is -2.82. The van der Waals surface area contributed by atoms with E-state index in [1.165, 1.54) is 0 Å². The van der Waals surface area contributed by atoms with Gasteiger partial charge in [0.05, 0.1) is 0 Å². The van der Waals surface area contributed by atoms with Gasteiger partial charge in [0.1, 0.15) is 5.75 Å². The van der Waals surface area contributed by atoms with Gasteiger partial charge in [-0.25, -0.2) is 0 Å². The highest BCUT2D eigenvalue weighted by Gasteiger charge is 1.92. The Morgan fingerprint density at radius 3 is 2.25 bits per heavy atom.